The van der Waals surface area contributed by atoms with E-state index < -0.39 is 60.8 Å². The Hall–Kier alpha value is -0.751. The van der Waals surface area contributed by atoms with Crippen molar-refractivity contribution in [2.75, 3.05) is 65.7 Å². The van der Waals surface area contributed by atoms with Gasteiger partial charge in [-0.05, 0) is 11.6 Å². The number of rotatable bonds is 11. The third-order valence-corrected chi connectivity index (χ3v) is 7.20. The van der Waals surface area contributed by atoms with Crippen LogP contribution in [-0.4, -0.2) is 144 Å². The van der Waals surface area contributed by atoms with Crippen molar-refractivity contribution in [2.45, 2.75) is 35.7 Å². The molecule has 0 bridgehead atoms. The van der Waals surface area contributed by atoms with Crippen LogP contribution in [0.2, 0.25) is 0 Å². The first-order valence-corrected chi connectivity index (χ1v) is 12.5. The number of hydrogen-bond donors (Lipinski definition) is 4. The normalized spacial score (nSPS) is 20.1. The van der Waals surface area contributed by atoms with Crippen molar-refractivity contribution in [2.24, 2.45) is 0 Å². The molecule has 0 aliphatic carbocycles. The molecule has 36 heavy (non-hydrogen) atoms. The molecular formula is C21H36FeN3O10S+3. The fourth-order valence-corrected chi connectivity index (χ4v) is 4.93. The van der Waals surface area contributed by atoms with Crippen LogP contribution >= 0.6 is 0 Å². The van der Waals surface area contributed by atoms with Gasteiger partial charge in [0.2, 0.25) is 0 Å². The summed E-state index contributed by atoms with van der Waals surface area (Å²) >= 11 is 0. The third kappa shape index (κ3) is 9.85. The summed E-state index contributed by atoms with van der Waals surface area (Å²) < 4.78 is 35.1. The van der Waals surface area contributed by atoms with Gasteiger partial charge in [-0.15, -0.1) is 13.2 Å². The van der Waals surface area contributed by atoms with Crippen LogP contribution in [0.4, 0.5) is 0 Å². The van der Waals surface area contributed by atoms with Gasteiger partial charge in [0.15, 0.2) is 0 Å². The Morgan fingerprint density at radius 3 is 1.64 bits per heavy atom. The molecule has 4 atom stereocenters. The molecule has 1 aromatic carbocycles. The summed E-state index contributed by atoms with van der Waals surface area (Å²) in [6.45, 7) is -0.628. The van der Waals surface area contributed by atoms with Crippen LogP contribution in [-0.2, 0) is 33.7 Å². The van der Waals surface area contributed by atoms with Gasteiger partial charge in [0.05, 0.1) is 30.3 Å². The molecule has 0 amide bonds. The van der Waals surface area contributed by atoms with Crippen molar-refractivity contribution in [3.8, 4) is 0 Å². The minimum Gasteiger partial charge on any atom is -0.853 e. The Kier molecular flexibility index (Phi) is 16.6. The maximum absolute atomic E-state index is 11.8. The zero-order valence-corrected chi connectivity index (χ0v) is 21.8. The van der Waals surface area contributed by atoms with Gasteiger partial charge in [-0.1, -0.05) is 18.2 Å². The molecule has 1 aliphatic rings. The molecule has 1 saturated heterocycles. The molecule has 2 rings (SSSR count). The van der Waals surface area contributed by atoms with Gasteiger partial charge in [0.25, 0.3) is 0 Å². The number of benzene rings is 1. The van der Waals surface area contributed by atoms with Crippen LogP contribution in [0.25, 0.3) is 0 Å². The Morgan fingerprint density at radius 2 is 1.25 bits per heavy atom. The van der Waals surface area contributed by atoms with Crippen molar-refractivity contribution < 1.29 is 66.2 Å². The molecule has 0 spiro atoms. The van der Waals surface area contributed by atoms with Gasteiger partial charge in [-0.3, -0.25) is 14.7 Å². The van der Waals surface area contributed by atoms with E-state index in [-0.39, 0.29) is 47.1 Å². The van der Waals surface area contributed by atoms with Crippen molar-refractivity contribution >= 4 is 10.1 Å². The first-order valence-electron chi connectivity index (χ1n) is 11.1. The summed E-state index contributed by atoms with van der Waals surface area (Å²) in [5.41, 5.74) is 0.307. The van der Waals surface area contributed by atoms with Crippen LogP contribution in [0.15, 0.2) is 29.2 Å². The molecular weight excluding hydrogens is 542 g/mol. The largest absolute Gasteiger partial charge is 6.00 e. The fourth-order valence-electron chi connectivity index (χ4n) is 4.24. The first-order chi connectivity index (χ1) is 16.2. The van der Waals surface area contributed by atoms with Crippen LogP contribution in [0.1, 0.15) is 5.56 Å². The minimum absolute atomic E-state index is 0. The Labute approximate surface area is 222 Å². The molecule has 15 heteroatoms. The second kappa shape index (κ2) is 17.0. The van der Waals surface area contributed by atoms with E-state index >= 15 is 0 Å². The van der Waals surface area contributed by atoms with Crippen molar-refractivity contribution in [1.82, 2.24) is 14.7 Å². The van der Waals surface area contributed by atoms with Crippen LogP contribution in [0, 0.1) is 0 Å². The van der Waals surface area contributed by atoms with E-state index in [4.69, 9.17) is 0 Å². The number of nitrogens with zero attached hydrogens (tertiary/aromatic N) is 3. The molecule has 1 fully saturated rings. The van der Waals surface area contributed by atoms with Gasteiger partial charge in [-0.25, -0.2) is 8.42 Å². The molecule has 0 aromatic heterocycles. The third-order valence-electron chi connectivity index (χ3n) is 6.26. The topological polar surface area (TPSA) is 225 Å². The number of aliphatic hydroxyl groups is 4. The van der Waals surface area contributed by atoms with Gasteiger partial charge in [-0.2, -0.15) is 0 Å². The molecule has 1 heterocycles. The standard InChI is InChI=1S/C21H35N3O9S.Fe.H2O/c25-12-17(19(29)14-27)23-7-5-22(11-16-3-1-2-4-21(16)34(31,32)33)6-8-24(10-9-23)18(13-26)20(30)15-28;;/h1-4,17-20,27-30H,5-15H2,(H,31,32,33);;1H2/q-2;+6;/p-1/t17-,18-,19-,20-;;/m1../s1. The van der Waals surface area contributed by atoms with E-state index in [1.54, 1.807) is 21.9 Å². The van der Waals surface area contributed by atoms with Crippen molar-refractivity contribution in [3.63, 3.8) is 0 Å². The maximum Gasteiger partial charge on any atom is 6.00 e. The molecule has 0 radical (unpaired) electrons. The molecule has 0 unspecified atom stereocenters. The average Bonchev–Trinajstić information content (AvgIpc) is 2.91. The molecule has 1 aliphatic heterocycles. The predicted octanol–water partition coefficient (Wildman–Crippen LogP) is -5.65. The van der Waals surface area contributed by atoms with Crippen LogP contribution in [0.5, 0.6) is 0 Å². The minimum atomic E-state index is -4.70. The summed E-state index contributed by atoms with van der Waals surface area (Å²) in [4.78, 5) is 4.92. The summed E-state index contributed by atoms with van der Waals surface area (Å²) in [5, 5.41) is 62.6. The Balaban J connectivity index is 0.00000612. The van der Waals surface area contributed by atoms with Crippen LogP contribution < -0.4 is 10.2 Å². The summed E-state index contributed by atoms with van der Waals surface area (Å²) in [6, 6.07) is 4.07. The molecule has 6 N–H and O–H groups in total. The number of hydrogen-bond acceptors (Lipinski definition) is 12. The molecule has 0 saturated carbocycles. The average molecular weight is 578 g/mol. The summed E-state index contributed by atoms with van der Waals surface area (Å²) in [7, 11) is -4.70. The zero-order valence-electron chi connectivity index (χ0n) is 19.8. The second-order valence-corrected chi connectivity index (χ2v) is 9.73. The van der Waals surface area contributed by atoms with Crippen molar-refractivity contribution in [3.05, 3.63) is 29.8 Å². The maximum atomic E-state index is 11.8. The monoisotopic (exact) mass is 578 g/mol. The zero-order chi connectivity index (χ0) is 25.3. The SMILES string of the molecule is O.O=S(=O)([O-])c1ccccc1CN1CCN([C@H](C[O-])[C@H](O)CO)CCN([C@H](C[O-])[C@H](O)CO)CC1.[Fe+6]. The fraction of sp³-hybridized carbons (Fsp3) is 0.714. The van der Waals surface area contributed by atoms with Crippen LogP contribution in [0.3, 0.4) is 0 Å². The van der Waals surface area contributed by atoms with E-state index in [2.05, 4.69) is 0 Å². The van der Waals surface area contributed by atoms with Gasteiger partial charge in [0, 0.05) is 57.9 Å². The quantitative estimate of drug-likeness (QED) is 0.142. The summed E-state index contributed by atoms with van der Waals surface area (Å²) in [6.07, 6.45) is -2.55. The van der Waals surface area contributed by atoms with E-state index in [1.807, 2.05) is 4.90 Å². The van der Waals surface area contributed by atoms with E-state index in [0.29, 0.717) is 31.7 Å². The van der Waals surface area contributed by atoms with E-state index in [9.17, 15) is 43.6 Å². The Morgan fingerprint density at radius 1 is 0.833 bits per heavy atom. The van der Waals surface area contributed by atoms with E-state index in [1.165, 1.54) is 12.1 Å². The molecule has 206 valence electrons. The predicted molar refractivity (Wildman–Crippen MR) is 120 cm³/mol. The molecule has 1 aromatic rings. The van der Waals surface area contributed by atoms with E-state index in [0.717, 1.165) is 0 Å². The van der Waals surface area contributed by atoms with Gasteiger partial charge < -0.3 is 40.7 Å². The van der Waals surface area contributed by atoms with Gasteiger partial charge >= 0.3 is 17.1 Å². The Bertz CT molecular complexity index is 823. The smallest absolute Gasteiger partial charge is 0.853 e. The molecule has 13 nitrogen and oxygen atoms in total. The van der Waals surface area contributed by atoms with Gasteiger partial charge in [0.1, 0.15) is 10.1 Å². The number of aliphatic hydroxyl groups excluding tert-OH is 4. The summed E-state index contributed by atoms with van der Waals surface area (Å²) in [5.74, 6) is 0. The second-order valence-electron chi connectivity index (χ2n) is 8.38. The van der Waals surface area contributed by atoms with Crippen molar-refractivity contribution in [1.29, 1.82) is 0 Å². The first kappa shape index (κ1) is 35.2.